The number of hydrogen-bond acceptors (Lipinski definition) is 3. The summed E-state index contributed by atoms with van der Waals surface area (Å²) in [5.74, 6) is 1.35. The zero-order chi connectivity index (χ0) is 16.9. The van der Waals surface area contributed by atoms with Crippen molar-refractivity contribution in [2.24, 2.45) is 5.92 Å². The molecule has 1 aromatic heterocycles. The molecule has 2 aromatic rings. The summed E-state index contributed by atoms with van der Waals surface area (Å²) in [6, 6.07) is 9.91. The number of amides is 1. The Hall–Kier alpha value is -2.30. The Kier molecular flexibility index (Phi) is 5.18. The van der Waals surface area contributed by atoms with E-state index >= 15 is 0 Å². The molecule has 1 saturated heterocycles. The van der Waals surface area contributed by atoms with Gasteiger partial charge < -0.3 is 9.64 Å². The average Bonchev–Trinajstić information content (AvgIpc) is 3.09. The maximum Gasteiger partial charge on any atom is 0.272 e. The second kappa shape index (κ2) is 7.51. The smallest absolute Gasteiger partial charge is 0.272 e. The topological polar surface area (TPSA) is 47.4 Å². The standard InChI is InChI=1S/C19H25N3O2/c1-3-22-18(10-11-20-22)19(23)21-12-4-5-16(13-21)14-24-17-8-6-15(2)7-9-17/h6-11,16H,3-5,12-14H2,1-2H3. The molecule has 1 atom stereocenters. The van der Waals surface area contributed by atoms with Crippen LogP contribution in [0.15, 0.2) is 36.5 Å². The van der Waals surface area contributed by atoms with Gasteiger partial charge >= 0.3 is 0 Å². The Bertz CT molecular complexity index is 678. The predicted octanol–water partition coefficient (Wildman–Crippen LogP) is 3.14. The SMILES string of the molecule is CCn1nccc1C(=O)N1CCCC(COc2ccc(C)cc2)C1. The zero-order valence-corrected chi connectivity index (χ0v) is 14.4. The number of likely N-dealkylation sites (tertiary alicyclic amines) is 1. The van der Waals surface area contributed by atoms with Gasteiger partial charge in [-0.25, -0.2) is 0 Å². The Morgan fingerprint density at radius 2 is 2.08 bits per heavy atom. The Morgan fingerprint density at radius 1 is 1.29 bits per heavy atom. The number of nitrogens with zero attached hydrogens (tertiary/aromatic N) is 3. The molecular weight excluding hydrogens is 302 g/mol. The van der Waals surface area contributed by atoms with Gasteiger partial charge in [0.05, 0.1) is 6.61 Å². The number of rotatable bonds is 5. The summed E-state index contributed by atoms with van der Waals surface area (Å²) in [5, 5.41) is 4.20. The third-order valence-electron chi connectivity index (χ3n) is 4.55. The van der Waals surface area contributed by atoms with Crippen LogP contribution in [-0.2, 0) is 6.54 Å². The van der Waals surface area contributed by atoms with Crippen molar-refractivity contribution in [2.45, 2.75) is 33.2 Å². The molecule has 0 bridgehead atoms. The van der Waals surface area contributed by atoms with Gasteiger partial charge in [0.15, 0.2) is 0 Å². The van der Waals surface area contributed by atoms with Crippen molar-refractivity contribution < 1.29 is 9.53 Å². The molecule has 24 heavy (non-hydrogen) atoms. The molecule has 1 fully saturated rings. The van der Waals surface area contributed by atoms with Crippen LogP contribution in [-0.4, -0.2) is 40.3 Å². The summed E-state index contributed by atoms with van der Waals surface area (Å²) in [6.45, 7) is 6.99. The van der Waals surface area contributed by atoms with Crippen LogP contribution in [0.3, 0.4) is 0 Å². The second-order valence-electron chi connectivity index (χ2n) is 6.42. The van der Waals surface area contributed by atoms with Gasteiger partial charge in [0, 0.05) is 31.7 Å². The molecular formula is C19H25N3O2. The molecule has 0 spiro atoms. The van der Waals surface area contributed by atoms with E-state index in [2.05, 4.69) is 24.2 Å². The van der Waals surface area contributed by atoms with Gasteiger partial charge in [0.1, 0.15) is 11.4 Å². The number of piperidine rings is 1. The highest BCUT2D eigenvalue weighted by atomic mass is 16.5. The van der Waals surface area contributed by atoms with Crippen LogP contribution in [0.5, 0.6) is 5.75 Å². The fraction of sp³-hybridized carbons (Fsp3) is 0.474. The minimum Gasteiger partial charge on any atom is -0.493 e. The molecule has 1 aliphatic heterocycles. The molecule has 0 aliphatic carbocycles. The summed E-state index contributed by atoms with van der Waals surface area (Å²) in [4.78, 5) is 14.7. The molecule has 1 aromatic carbocycles. The minimum atomic E-state index is 0.0781. The van der Waals surface area contributed by atoms with Crippen LogP contribution in [0, 0.1) is 12.8 Å². The number of aryl methyl sites for hydroxylation is 2. The maximum atomic E-state index is 12.7. The zero-order valence-electron chi connectivity index (χ0n) is 14.4. The van der Waals surface area contributed by atoms with Gasteiger partial charge in [-0.2, -0.15) is 5.10 Å². The summed E-state index contributed by atoms with van der Waals surface area (Å²) in [7, 11) is 0. The fourth-order valence-corrected chi connectivity index (χ4v) is 3.16. The third kappa shape index (κ3) is 3.78. The largest absolute Gasteiger partial charge is 0.493 e. The van der Waals surface area contributed by atoms with Gasteiger partial charge in [-0.15, -0.1) is 0 Å². The Morgan fingerprint density at radius 3 is 2.83 bits per heavy atom. The lowest BCUT2D eigenvalue weighted by atomic mass is 9.98. The molecule has 1 aliphatic rings. The van der Waals surface area contributed by atoms with E-state index in [1.54, 1.807) is 16.9 Å². The van der Waals surface area contributed by atoms with E-state index in [4.69, 9.17) is 4.74 Å². The van der Waals surface area contributed by atoms with Crippen molar-refractivity contribution in [3.05, 3.63) is 47.8 Å². The Labute approximate surface area is 143 Å². The van der Waals surface area contributed by atoms with Crippen LogP contribution < -0.4 is 4.74 Å². The maximum absolute atomic E-state index is 12.7. The number of ether oxygens (including phenoxy) is 1. The monoisotopic (exact) mass is 327 g/mol. The first-order chi connectivity index (χ1) is 11.7. The van der Waals surface area contributed by atoms with Gasteiger partial charge in [-0.05, 0) is 44.9 Å². The van der Waals surface area contributed by atoms with E-state index in [-0.39, 0.29) is 5.91 Å². The van der Waals surface area contributed by atoms with Crippen molar-refractivity contribution in [2.75, 3.05) is 19.7 Å². The normalized spacial score (nSPS) is 17.8. The summed E-state index contributed by atoms with van der Waals surface area (Å²) in [5.41, 5.74) is 1.90. The van der Waals surface area contributed by atoms with Gasteiger partial charge in [-0.3, -0.25) is 9.48 Å². The van der Waals surface area contributed by atoms with Crippen LogP contribution in [0.1, 0.15) is 35.8 Å². The molecule has 5 nitrogen and oxygen atoms in total. The van der Waals surface area contributed by atoms with Crippen LogP contribution in [0.2, 0.25) is 0 Å². The van der Waals surface area contributed by atoms with Crippen molar-refractivity contribution in [1.29, 1.82) is 0 Å². The molecule has 1 unspecified atom stereocenters. The summed E-state index contributed by atoms with van der Waals surface area (Å²) in [6.07, 6.45) is 3.81. The first-order valence-corrected chi connectivity index (χ1v) is 8.68. The van der Waals surface area contributed by atoms with Gasteiger partial charge in [-0.1, -0.05) is 17.7 Å². The number of aromatic nitrogens is 2. The van der Waals surface area contributed by atoms with E-state index in [1.165, 1.54) is 5.56 Å². The predicted molar refractivity (Wildman–Crippen MR) is 93.2 cm³/mol. The lowest BCUT2D eigenvalue weighted by Gasteiger charge is -2.32. The van der Waals surface area contributed by atoms with E-state index in [0.29, 0.717) is 24.8 Å². The third-order valence-corrected chi connectivity index (χ3v) is 4.55. The van der Waals surface area contributed by atoms with E-state index in [1.807, 2.05) is 24.0 Å². The van der Waals surface area contributed by atoms with Gasteiger partial charge in [0.25, 0.3) is 5.91 Å². The second-order valence-corrected chi connectivity index (χ2v) is 6.42. The highest BCUT2D eigenvalue weighted by Gasteiger charge is 2.26. The summed E-state index contributed by atoms with van der Waals surface area (Å²) < 4.78 is 7.67. The number of hydrogen-bond donors (Lipinski definition) is 0. The fourth-order valence-electron chi connectivity index (χ4n) is 3.16. The number of carbonyl (C=O) groups is 1. The van der Waals surface area contributed by atoms with Gasteiger partial charge in [0.2, 0.25) is 0 Å². The summed E-state index contributed by atoms with van der Waals surface area (Å²) >= 11 is 0. The van der Waals surface area contributed by atoms with E-state index in [0.717, 1.165) is 31.7 Å². The molecule has 2 heterocycles. The first kappa shape index (κ1) is 16.6. The lowest BCUT2D eigenvalue weighted by Crippen LogP contribution is -2.42. The van der Waals surface area contributed by atoms with E-state index in [9.17, 15) is 4.79 Å². The highest BCUT2D eigenvalue weighted by molar-refractivity contribution is 5.92. The highest BCUT2D eigenvalue weighted by Crippen LogP contribution is 2.20. The quantitative estimate of drug-likeness (QED) is 0.847. The molecule has 128 valence electrons. The molecule has 0 N–H and O–H groups in total. The van der Waals surface area contributed by atoms with Crippen molar-refractivity contribution in [3.8, 4) is 5.75 Å². The molecule has 3 rings (SSSR count). The number of benzene rings is 1. The number of carbonyl (C=O) groups excluding carboxylic acids is 1. The molecule has 0 radical (unpaired) electrons. The lowest BCUT2D eigenvalue weighted by molar-refractivity contribution is 0.0621. The Balaban J connectivity index is 1.58. The average molecular weight is 327 g/mol. The molecule has 5 heteroatoms. The first-order valence-electron chi connectivity index (χ1n) is 8.68. The van der Waals surface area contributed by atoms with E-state index < -0.39 is 0 Å². The van der Waals surface area contributed by atoms with Crippen molar-refractivity contribution >= 4 is 5.91 Å². The van der Waals surface area contributed by atoms with Crippen LogP contribution in [0.4, 0.5) is 0 Å². The molecule has 0 saturated carbocycles. The van der Waals surface area contributed by atoms with Crippen LogP contribution >= 0.6 is 0 Å². The van der Waals surface area contributed by atoms with Crippen molar-refractivity contribution in [3.63, 3.8) is 0 Å². The minimum absolute atomic E-state index is 0.0781. The van der Waals surface area contributed by atoms with Crippen LogP contribution in [0.25, 0.3) is 0 Å². The molecule has 1 amide bonds. The van der Waals surface area contributed by atoms with Crippen molar-refractivity contribution in [1.82, 2.24) is 14.7 Å².